The Bertz CT molecular complexity index is 1250. The molecule has 0 aliphatic carbocycles. The Morgan fingerprint density at radius 2 is 1.53 bits per heavy atom. The largest absolute Gasteiger partial charge is 0.336 e. The number of sulfonamides is 1. The van der Waals surface area contributed by atoms with E-state index in [2.05, 4.69) is 0 Å². The third-order valence-electron chi connectivity index (χ3n) is 5.84. The van der Waals surface area contributed by atoms with Crippen LogP contribution in [0.2, 0.25) is 0 Å². The van der Waals surface area contributed by atoms with Crippen LogP contribution in [-0.4, -0.2) is 60.1 Å². The predicted molar refractivity (Wildman–Crippen MR) is 124 cm³/mol. The molecule has 1 saturated heterocycles. The van der Waals surface area contributed by atoms with Crippen molar-refractivity contribution in [1.29, 1.82) is 0 Å². The van der Waals surface area contributed by atoms with Crippen molar-refractivity contribution in [2.45, 2.75) is 25.7 Å². The van der Waals surface area contributed by atoms with Crippen LogP contribution in [0.5, 0.6) is 0 Å². The highest BCUT2D eigenvalue weighted by molar-refractivity contribution is 7.89. The number of Topliss-reactive ketones (excluding diaryl/α,β-unsaturated/α-hetero) is 1. The fourth-order valence-electron chi connectivity index (χ4n) is 3.81. The van der Waals surface area contributed by atoms with E-state index in [0.29, 0.717) is 24.2 Å². The Kier molecular flexibility index (Phi) is 6.07. The lowest BCUT2D eigenvalue weighted by molar-refractivity contribution is 0.0697. The van der Waals surface area contributed by atoms with Crippen LogP contribution < -0.4 is 0 Å². The van der Waals surface area contributed by atoms with E-state index in [1.54, 1.807) is 16.2 Å². The van der Waals surface area contributed by atoms with Crippen LogP contribution >= 0.6 is 11.3 Å². The van der Waals surface area contributed by atoms with Crippen molar-refractivity contribution >= 4 is 33.1 Å². The second-order valence-corrected chi connectivity index (χ2v) is 11.0. The summed E-state index contributed by atoms with van der Waals surface area (Å²) in [6.45, 7) is 6.50. The molecule has 9 heteroatoms. The standard InChI is InChI=1S/C23H25N3O4S2/c1-16-18(3)31-23(25-10-4-5-11-25)21(16)22(28)24-12-14-26(15-13-24)32(29,30)20-8-6-19(7-9-20)17(2)27/h4-11H,12-15H2,1-3H3. The van der Waals surface area contributed by atoms with Gasteiger partial charge in [-0.05, 0) is 50.6 Å². The number of piperazine rings is 1. The summed E-state index contributed by atoms with van der Waals surface area (Å²) in [6.07, 6.45) is 3.84. The molecule has 7 nitrogen and oxygen atoms in total. The molecular weight excluding hydrogens is 446 g/mol. The molecule has 2 aromatic heterocycles. The van der Waals surface area contributed by atoms with Crippen LogP contribution in [0.25, 0.3) is 5.00 Å². The maximum atomic E-state index is 13.4. The lowest BCUT2D eigenvalue weighted by Gasteiger charge is -2.34. The highest BCUT2D eigenvalue weighted by atomic mass is 32.2. The number of carbonyl (C=O) groups excluding carboxylic acids is 2. The Hall–Kier alpha value is -2.75. The van der Waals surface area contributed by atoms with Gasteiger partial charge in [0.2, 0.25) is 10.0 Å². The number of aryl methyl sites for hydroxylation is 1. The van der Waals surface area contributed by atoms with E-state index in [0.717, 1.165) is 15.4 Å². The number of hydrogen-bond donors (Lipinski definition) is 0. The molecule has 3 aromatic rings. The van der Waals surface area contributed by atoms with Gasteiger partial charge in [-0.2, -0.15) is 4.31 Å². The van der Waals surface area contributed by atoms with Crippen molar-refractivity contribution < 1.29 is 18.0 Å². The van der Waals surface area contributed by atoms with Crippen LogP contribution in [0.1, 0.15) is 38.1 Å². The normalized spacial score (nSPS) is 15.2. The number of ketones is 1. The molecule has 1 amide bonds. The molecule has 0 bridgehead atoms. The van der Waals surface area contributed by atoms with Crippen LogP contribution in [0.4, 0.5) is 0 Å². The first-order valence-electron chi connectivity index (χ1n) is 10.3. The van der Waals surface area contributed by atoms with E-state index in [9.17, 15) is 18.0 Å². The van der Waals surface area contributed by atoms with Gasteiger partial charge in [0.1, 0.15) is 5.00 Å². The van der Waals surface area contributed by atoms with E-state index < -0.39 is 10.0 Å². The second kappa shape index (κ2) is 8.65. The first-order chi connectivity index (χ1) is 15.2. The average molecular weight is 472 g/mol. The van der Waals surface area contributed by atoms with Gasteiger partial charge >= 0.3 is 0 Å². The topological polar surface area (TPSA) is 79.7 Å². The molecule has 1 aromatic carbocycles. The summed E-state index contributed by atoms with van der Waals surface area (Å²) in [5.74, 6) is -0.183. The molecule has 0 atom stereocenters. The molecule has 1 fully saturated rings. The van der Waals surface area contributed by atoms with Crippen molar-refractivity contribution in [3.63, 3.8) is 0 Å². The molecule has 0 unspecified atom stereocenters. The third-order valence-corrected chi connectivity index (χ3v) is 8.98. The van der Waals surface area contributed by atoms with Gasteiger partial charge < -0.3 is 9.47 Å². The summed E-state index contributed by atoms with van der Waals surface area (Å²) < 4.78 is 29.4. The second-order valence-electron chi connectivity index (χ2n) is 7.83. The molecule has 1 aliphatic heterocycles. The summed E-state index contributed by atoms with van der Waals surface area (Å²) in [5, 5.41) is 0.885. The molecule has 0 saturated carbocycles. The lowest BCUT2D eigenvalue weighted by atomic mass is 10.1. The maximum Gasteiger partial charge on any atom is 0.257 e. The van der Waals surface area contributed by atoms with E-state index in [1.807, 2.05) is 42.9 Å². The summed E-state index contributed by atoms with van der Waals surface area (Å²) in [7, 11) is -3.68. The molecule has 1 aliphatic rings. The van der Waals surface area contributed by atoms with Crippen molar-refractivity contribution in [2.75, 3.05) is 26.2 Å². The molecule has 0 spiro atoms. The van der Waals surface area contributed by atoms with Gasteiger partial charge in [0.05, 0.1) is 10.5 Å². The number of nitrogens with zero attached hydrogens (tertiary/aromatic N) is 3. The molecule has 0 radical (unpaired) electrons. The van der Waals surface area contributed by atoms with Crippen LogP contribution in [0.15, 0.2) is 53.7 Å². The number of carbonyl (C=O) groups is 2. The molecule has 32 heavy (non-hydrogen) atoms. The number of aromatic nitrogens is 1. The lowest BCUT2D eigenvalue weighted by Crippen LogP contribution is -2.50. The third kappa shape index (κ3) is 4.03. The minimum absolute atomic E-state index is 0.0709. The molecule has 4 rings (SSSR count). The minimum Gasteiger partial charge on any atom is -0.336 e. The van der Waals surface area contributed by atoms with E-state index in [-0.39, 0.29) is 29.7 Å². The van der Waals surface area contributed by atoms with Gasteiger partial charge in [-0.1, -0.05) is 12.1 Å². The zero-order valence-corrected chi connectivity index (χ0v) is 19.9. The maximum absolute atomic E-state index is 13.4. The van der Waals surface area contributed by atoms with Crippen molar-refractivity contribution in [3.8, 4) is 5.00 Å². The predicted octanol–water partition coefficient (Wildman–Crippen LogP) is 3.50. The van der Waals surface area contributed by atoms with Crippen molar-refractivity contribution in [3.05, 3.63) is 70.4 Å². The smallest absolute Gasteiger partial charge is 0.257 e. The fourth-order valence-corrected chi connectivity index (χ4v) is 6.35. The zero-order chi connectivity index (χ0) is 23.0. The Morgan fingerprint density at radius 3 is 2.09 bits per heavy atom. The molecule has 168 valence electrons. The number of benzene rings is 1. The number of thiophene rings is 1. The minimum atomic E-state index is -3.68. The quantitative estimate of drug-likeness (QED) is 0.534. The average Bonchev–Trinajstić information content (AvgIpc) is 3.42. The van der Waals surface area contributed by atoms with Gasteiger partial charge in [0, 0.05) is 49.0 Å². The zero-order valence-electron chi connectivity index (χ0n) is 18.2. The summed E-state index contributed by atoms with van der Waals surface area (Å²) in [6, 6.07) is 9.82. The number of hydrogen-bond acceptors (Lipinski definition) is 5. The highest BCUT2D eigenvalue weighted by Crippen LogP contribution is 2.32. The van der Waals surface area contributed by atoms with E-state index in [4.69, 9.17) is 0 Å². The SMILES string of the molecule is CC(=O)c1ccc(S(=O)(=O)N2CCN(C(=O)c3c(-n4cccc4)sc(C)c3C)CC2)cc1. The highest BCUT2D eigenvalue weighted by Gasteiger charge is 2.32. The fraction of sp³-hybridized carbons (Fsp3) is 0.304. The van der Waals surface area contributed by atoms with Gasteiger partial charge in [0.15, 0.2) is 5.78 Å². The monoisotopic (exact) mass is 471 g/mol. The van der Waals surface area contributed by atoms with Crippen LogP contribution in [-0.2, 0) is 10.0 Å². The first kappa shape index (κ1) is 22.4. The van der Waals surface area contributed by atoms with E-state index in [1.165, 1.54) is 35.5 Å². The van der Waals surface area contributed by atoms with Gasteiger partial charge in [-0.3, -0.25) is 9.59 Å². The summed E-state index contributed by atoms with van der Waals surface area (Å²) in [5.41, 5.74) is 2.11. The van der Waals surface area contributed by atoms with Crippen LogP contribution in [0.3, 0.4) is 0 Å². The Morgan fingerprint density at radius 1 is 0.938 bits per heavy atom. The Balaban J connectivity index is 1.51. The van der Waals surface area contributed by atoms with Gasteiger partial charge in [-0.15, -0.1) is 11.3 Å². The van der Waals surface area contributed by atoms with Crippen LogP contribution in [0, 0.1) is 13.8 Å². The summed E-state index contributed by atoms with van der Waals surface area (Å²) in [4.78, 5) is 27.8. The molecule has 0 N–H and O–H groups in total. The first-order valence-corrected chi connectivity index (χ1v) is 12.6. The van der Waals surface area contributed by atoms with E-state index >= 15 is 0 Å². The van der Waals surface area contributed by atoms with Gasteiger partial charge in [0.25, 0.3) is 5.91 Å². The molecule has 3 heterocycles. The van der Waals surface area contributed by atoms with Gasteiger partial charge in [-0.25, -0.2) is 8.42 Å². The van der Waals surface area contributed by atoms with Crippen molar-refractivity contribution in [1.82, 2.24) is 13.8 Å². The van der Waals surface area contributed by atoms with Crippen molar-refractivity contribution in [2.24, 2.45) is 0 Å². The number of amides is 1. The number of rotatable bonds is 5. The Labute approximate surface area is 191 Å². The summed E-state index contributed by atoms with van der Waals surface area (Å²) >= 11 is 1.58. The molecular formula is C23H25N3O4S2.